The van der Waals surface area contributed by atoms with E-state index in [9.17, 15) is 31.5 Å². The highest BCUT2D eigenvalue weighted by atomic mass is 19.2. The molecule has 7 nitrogen and oxygen atoms in total. The fraction of sp³-hybridized carbons (Fsp3) is 0.261. The Balaban J connectivity index is 1.58. The molecule has 3 aromatic rings. The van der Waals surface area contributed by atoms with E-state index in [0.717, 1.165) is 5.69 Å². The Bertz CT molecular complexity index is 1300. The van der Waals surface area contributed by atoms with E-state index < -0.39 is 52.6 Å². The molecule has 12 heteroatoms. The number of ether oxygens (including phenoxy) is 1. The lowest BCUT2D eigenvalue weighted by atomic mass is 10.1. The zero-order chi connectivity index (χ0) is 25.4. The summed E-state index contributed by atoms with van der Waals surface area (Å²) < 4.78 is 75.4. The molecule has 1 aliphatic rings. The number of amides is 2. The van der Waals surface area contributed by atoms with E-state index in [1.165, 1.54) is 24.1 Å². The Hall–Kier alpha value is -3.96. The summed E-state index contributed by atoms with van der Waals surface area (Å²) in [7, 11) is 1.42. The molecule has 1 N–H and O–H groups in total. The van der Waals surface area contributed by atoms with E-state index >= 15 is 0 Å². The Labute approximate surface area is 196 Å². The molecule has 0 bridgehead atoms. The molecule has 35 heavy (non-hydrogen) atoms. The van der Waals surface area contributed by atoms with Crippen LogP contribution in [0.5, 0.6) is 5.75 Å². The topological polar surface area (TPSA) is 76.5 Å². The largest absolute Gasteiger partial charge is 0.495 e. The molecular weight excluding hydrogens is 475 g/mol. The van der Waals surface area contributed by atoms with Gasteiger partial charge in [-0.3, -0.25) is 9.59 Å². The SMILES string of the molecule is COc1cc(C(=O)N2CCCC2C(=O)Nc2c(F)c(F)c(F)c(F)c2F)ccc1-n1cnc(C)c1. The lowest BCUT2D eigenvalue weighted by molar-refractivity contribution is -0.119. The van der Waals surface area contributed by atoms with Crippen molar-refractivity contribution < 1.29 is 36.3 Å². The van der Waals surface area contributed by atoms with Gasteiger partial charge in [0.25, 0.3) is 5.91 Å². The number of carbonyl (C=O) groups excluding carboxylic acids is 2. The summed E-state index contributed by atoms with van der Waals surface area (Å²) in [6, 6.07) is 3.45. The molecule has 1 aromatic heterocycles. The molecule has 2 heterocycles. The Kier molecular flexibility index (Phi) is 6.46. The standard InChI is InChI=1S/C23H19F5N4O3/c1-11-9-31(10-29-11)13-6-5-12(8-15(13)35-2)23(34)32-7-3-4-14(32)22(33)30-21-19(27)17(25)16(24)18(26)20(21)28/h5-6,8-10,14H,3-4,7H2,1-2H3,(H,30,33). The Morgan fingerprint density at radius 1 is 1.06 bits per heavy atom. The van der Waals surface area contributed by atoms with Gasteiger partial charge in [0.1, 0.15) is 17.5 Å². The first-order chi connectivity index (χ1) is 16.6. The number of rotatable bonds is 5. The van der Waals surface area contributed by atoms with Crippen LogP contribution in [0.15, 0.2) is 30.7 Å². The van der Waals surface area contributed by atoms with Crippen LogP contribution in [0.2, 0.25) is 0 Å². The zero-order valence-corrected chi connectivity index (χ0v) is 18.5. The van der Waals surface area contributed by atoms with E-state index in [1.54, 1.807) is 28.5 Å². The monoisotopic (exact) mass is 494 g/mol. The predicted molar refractivity (Wildman–Crippen MR) is 114 cm³/mol. The third-order valence-corrected chi connectivity index (χ3v) is 5.69. The van der Waals surface area contributed by atoms with Gasteiger partial charge >= 0.3 is 0 Å². The van der Waals surface area contributed by atoms with Gasteiger partial charge in [-0.2, -0.15) is 0 Å². The van der Waals surface area contributed by atoms with Crippen molar-refractivity contribution in [3.63, 3.8) is 0 Å². The van der Waals surface area contributed by atoms with E-state index in [-0.39, 0.29) is 18.5 Å². The van der Waals surface area contributed by atoms with E-state index in [0.29, 0.717) is 17.9 Å². The zero-order valence-electron chi connectivity index (χ0n) is 18.5. The fourth-order valence-corrected chi connectivity index (χ4v) is 3.95. The normalized spacial score (nSPS) is 15.4. The quantitative estimate of drug-likeness (QED) is 0.329. The molecule has 1 atom stereocenters. The van der Waals surface area contributed by atoms with Crippen LogP contribution in [0.1, 0.15) is 28.9 Å². The summed E-state index contributed by atoms with van der Waals surface area (Å²) in [4.78, 5) is 31.2. The molecule has 0 spiro atoms. The first-order valence-corrected chi connectivity index (χ1v) is 10.5. The molecule has 1 aliphatic heterocycles. The van der Waals surface area contributed by atoms with Crippen LogP contribution in [-0.4, -0.2) is 46.0 Å². The number of aryl methyl sites for hydroxylation is 1. The van der Waals surface area contributed by atoms with Crippen LogP contribution in [0.4, 0.5) is 27.6 Å². The van der Waals surface area contributed by atoms with Gasteiger partial charge in [-0.1, -0.05) is 0 Å². The fourth-order valence-electron chi connectivity index (χ4n) is 3.95. The Morgan fingerprint density at radius 3 is 2.31 bits per heavy atom. The van der Waals surface area contributed by atoms with Crippen LogP contribution in [0, 0.1) is 36.0 Å². The van der Waals surface area contributed by atoms with Gasteiger partial charge in [-0.05, 0) is 38.0 Å². The number of anilines is 1. The van der Waals surface area contributed by atoms with E-state index in [2.05, 4.69) is 4.98 Å². The number of aromatic nitrogens is 2. The molecule has 184 valence electrons. The van der Waals surface area contributed by atoms with Gasteiger partial charge in [0.05, 0.1) is 24.8 Å². The summed E-state index contributed by atoms with van der Waals surface area (Å²) in [6.45, 7) is 1.96. The van der Waals surface area contributed by atoms with Crippen molar-refractivity contribution in [2.45, 2.75) is 25.8 Å². The minimum atomic E-state index is -2.33. The van der Waals surface area contributed by atoms with Gasteiger partial charge in [0.2, 0.25) is 11.7 Å². The van der Waals surface area contributed by atoms with Crippen LogP contribution < -0.4 is 10.1 Å². The highest BCUT2D eigenvalue weighted by Crippen LogP contribution is 2.30. The number of halogens is 5. The van der Waals surface area contributed by atoms with Crippen LogP contribution >= 0.6 is 0 Å². The van der Waals surface area contributed by atoms with Gasteiger partial charge in [0.15, 0.2) is 23.3 Å². The second-order valence-electron chi connectivity index (χ2n) is 7.90. The third-order valence-electron chi connectivity index (χ3n) is 5.69. The summed E-state index contributed by atoms with van der Waals surface area (Å²) >= 11 is 0. The highest BCUT2D eigenvalue weighted by molar-refractivity contribution is 6.02. The molecule has 0 aliphatic carbocycles. The van der Waals surface area contributed by atoms with Gasteiger partial charge in [0, 0.05) is 18.3 Å². The highest BCUT2D eigenvalue weighted by Gasteiger charge is 2.36. The maximum atomic E-state index is 14.0. The van der Waals surface area contributed by atoms with Crippen LogP contribution in [0.3, 0.4) is 0 Å². The molecule has 0 saturated carbocycles. The number of methoxy groups -OCH3 is 1. The number of nitrogens with zero attached hydrogens (tertiary/aromatic N) is 3. The number of carbonyl (C=O) groups is 2. The minimum Gasteiger partial charge on any atom is -0.495 e. The molecule has 1 saturated heterocycles. The van der Waals surface area contributed by atoms with E-state index in [1.807, 2.05) is 6.92 Å². The third kappa shape index (κ3) is 4.31. The number of hydrogen-bond donors (Lipinski definition) is 1. The van der Waals surface area contributed by atoms with Gasteiger partial charge < -0.3 is 19.5 Å². The minimum absolute atomic E-state index is 0.135. The van der Waals surface area contributed by atoms with Crippen molar-refractivity contribution in [2.75, 3.05) is 19.0 Å². The molecule has 4 rings (SSSR count). The predicted octanol–water partition coefficient (Wildman–Crippen LogP) is 4.13. The van der Waals surface area contributed by atoms with E-state index in [4.69, 9.17) is 4.74 Å². The molecule has 0 radical (unpaired) electrons. The van der Waals surface area contributed by atoms with Crippen molar-refractivity contribution in [3.8, 4) is 11.4 Å². The molecule has 1 unspecified atom stereocenters. The average molecular weight is 494 g/mol. The summed E-state index contributed by atoms with van der Waals surface area (Å²) in [5, 5.41) is 1.76. The smallest absolute Gasteiger partial charge is 0.254 e. The van der Waals surface area contributed by atoms with Crippen molar-refractivity contribution in [3.05, 3.63) is 71.1 Å². The van der Waals surface area contributed by atoms with Crippen molar-refractivity contribution in [1.82, 2.24) is 14.5 Å². The number of benzene rings is 2. The number of imidazole rings is 1. The first kappa shape index (κ1) is 24.2. The summed E-state index contributed by atoms with van der Waals surface area (Å²) in [6.07, 6.45) is 3.87. The van der Waals surface area contributed by atoms with Crippen molar-refractivity contribution >= 4 is 17.5 Å². The maximum absolute atomic E-state index is 14.0. The Morgan fingerprint density at radius 2 is 1.71 bits per heavy atom. The van der Waals surface area contributed by atoms with Gasteiger partial charge in [-0.25, -0.2) is 26.9 Å². The van der Waals surface area contributed by atoms with Crippen LogP contribution in [-0.2, 0) is 4.79 Å². The number of nitrogens with one attached hydrogen (secondary N) is 1. The number of likely N-dealkylation sites (tertiary alicyclic amines) is 1. The van der Waals surface area contributed by atoms with Crippen molar-refractivity contribution in [2.24, 2.45) is 0 Å². The lowest BCUT2D eigenvalue weighted by Crippen LogP contribution is -2.43. The first-order valence-electron chi connectivity index (χ1n) is 10.5. The second-order valence-corrected chi connectivity index (χ2v) is 7.90. The second kappa shape index (κ2) is 9.35. The molecular formula is C23H19F5N4O3. The summed E-state index contributed by atoms with van der Waals surface area (Å²) in [5.41, 5.74) is 0.101. The van der Waals surface area contributed by atoms with Crippen LogP contribution in [0.25, 0.3) is 5.69 Å². The molecule has 2 amide bonds. The summed E-state index contributed by atoms with van der Waals surface area (Å²) in [5.74, 6) is -12.3. The maximum Gasteiger partial charge on any atom is 0.254 e. The lowest BCUT2D eigenvalue weighted by Gasteiger charge is -2.24. The molecule has 1 fully saturated rings. The van der Waals surface area contributed by atoms with Crippen molar-refractivity contribution in [1.29, 1.82) is 0 Å². The average Bonchev–Trinajstić information content (AvgIpc) is 3.52. The van der Waals surface area contributed by atoms with Gasteiger partial charge in [-0.15, -0.1) is 0 Å². The number of hydrogen-bond acceptors (Lipinski definition) is 4. The molecule has 2 aromatic carbocycles.